The van der Waals surface area contributed by atoms with Gasteiger partial charge in [0.1, 0.15) is 24.0 Å². The highest BCUT2D eigenvalue weighted by Gasteiger charge is 2.50. The topological polar surface area (TPSA) is 70.5 Å². The Kier molecular flexibility index (Phi) is 6.37. The quantitative estimate of drug-likeness (QED) is 0.191. The van der Waals surface area contributed by atoms with E-state index < -0.39 is 17.9 Å². The van der Waals surface area contributed by atoms with Gasteiger partial charge in [-0.3, -0.25) is 0 Å². The fourth-order valence-corrected chi connectivity index (χ4v) is 7.83. The summed E-state index contributed by atoms with van der Waals surface area (Å²) in [5.41, 5.74) is 23.9. The SMILES string of the molecule is NC(OC(N)c1c(-c2ccc3c(c2)Oc2ccccc2C32c3ccccc3-c3ccccc32)ccc2ccccc12)c1ccccc1. The predicted octanol–water partition coefficient (Wildman–Crippen LogP) is 9.61. The van der Waals surface area contributed by atoms with Gasteiger partial charge in [-0.25, -0.2) is 0 Å². The highest BCUT2D eigenvalue weighted by atomic mass is 16.5. The van der Waals surface area contributed by atoms with Crippen LogP contribution in [0, 0.1) is 0 Å². The van der Waals surface area contributed by atoms with Crippen LogP contribution in [0.25, 0.3) is 33.0 Å². The zero-order valence-corrected chi connectivity index (χ0v) is 25.6. The Labute approximate surface area is 273 Å². The summed E-state index contributed by atoms with van der Waals surface area (Å²) in [7, 11) is 0. The van der Waals surface area contributed by atoms with Gasteiger partial charge in [0.2, 0.25) is 0 Å². The van der Waals surface area contributed by atoms with Crippen molar-refractivity contribution in [2.45, 2.75) is 17.9 Å². The van der Waals surface area contributed by atoms with Crippen molar-refractivity contribution in [1.82, 2.24) is 0 Å². The highest BCUT2D eigenvalue weighted by Crippen LogP contribution is 2.62. The summed E-state index contributed by atoms with van der Waals surface area (Å²) in [5, 5.41) is 2.11. The van der Waals surface area contributed by atoms with E-state index in [-0.39, 0.29) is 0 Å². The first kappa shape index (κ1) is 27.8. The fourth-order valence-electron chi connectivity index (χ4n) is 7.83. The number of ether oxygens (including phenoxy) is 2. The van der Waals surface area contributed by atoms with Crippen LogP contribution in [0.4, 0.5) is 0 Å². The smallest absolute Gasteiger partial charge is 0.135 e. The first-order chi connectivity index (χ1) is 23.1. The van der Waals surface area contributed by atoms with Crippen molar-refractivity contribution in [1.29, 1.82) is 0 Å². The Balaban J connectivity index is 1.24. The maximum atomic E-state index is 6.91. The summed E-state index contributed by atoms with van der Waals surface area (Å²) in [6.45, 7) is 0. The first-order valence-corrected chi connectivity index (χ1v) is 16.0. The number of para-hydroxylation sites is 1. The summed E-state index contributed by atoms with van der Waals surface area (Å²) >= 11 is 0. The molecule has 2 aliphatic rings. The summed E-state index contributed by atoms with van der Waals surface area (Å²) in [6, 6.07) is 54.9. The Morgan fingerprint density at radius 2 is 1.11 bits per heavy atom. The molecule has 1 aliphatic carbocycles. The van der Waals surface area contributed by atoms with Crippen molar-refractivity contribution in [3.8, 4) is 33.8 Å². The van der Waals surface area contributed by atoms with E-state index in [9.17, 15) is 0 Å². The van der Waals surface area contributed by atoms with E-state index in [1.165, 1.54) is 22.3 Å². The van der Waals surface area contributed by atoms with E-state index >= 15 is 0 Å². The fraction of sp³-hybridized carbons (Fsp3) is 0.0698. The van der Waals surface area contributed by atoms with Gasteiger partial charge in [-0.15, -0.1) is 0 Å². The van der Waals surface area contributed by atoms with E-state index in [1.807, 2.05) is 48.5 Å². The number of benzene rings is 7. The average Bonchev–Trinajstić information content (AvgIpc) is 3.42. The van der Waals surface area contributed by atoms with Crippen LogP contribution in [0.15, 0.2) is 158 Å². The third-order valence-corrected chi connectivity index (χ3v) is 9.84. The molecule has 4 N–H and O–H groups in total. The van der Waals surface area contributed by atoms with E-state index in [0.717, 1.165) is 55.7 Å². The molecule has 0 aromatic heterocycles. The van der Waals surface area contributed by atoms with Gasteiger partial charge in [-0.05, 0) is 61.8 Å². The molecule has 47 heavy (non-hydrogen) atoms. The molecule has 1 heterocycles. The molecule has 0 radical (unpaired) electrons. The third kappa shape index (κ3) is 4.13. The molecule has 2 unspecified atom stereocenters. The summed E-state index contributed by atoms with van der Waals surface area (Å²) in [4.78, 5) is 0. The second-order valence-electron chi connectivity index (χ2n) is 12.3. The van der Waals surface area contributed by atoms with E-state index in [2.05, 4.69) is 109 Å². The van der Waals surface area contributed by atoms with Crippen LogP contribution in [-0.2, 0) is 10.2 Å². The summed E-state index contributed by atoms with van der Waals surface area (Å²) < 4.78 is 13.1. The summed E-state index contributed by atoms with van der Waals surface area (Å²) in [6.07, 6.45) is -1.45. The maximum Gasteiger partial charge on any atom is 0.135 e. The van der Waals surface area contributed by atoms with Gasteiger partial charge in [0.15, 0.2) is 0 Å². The van der Waals surface area contributed by atoms with Crippen molar-refractivity contribution >= 4 is 10.8 Å². The Bertz CT molecular complexity index is 2270. The predicted molar refractivity (Wildman–Crippen MR) is 188 cm³/mol. The van der Waals surface area contributed by atoms with Gasteiger partial charge in [0.05, 0.1) is 5.41 Å². The Morgan fingerprint density at radius 1 is 0.489 bits per heavy atom. The molecule has 4 nitrogen and oxygen atoms in total. The van der Waals surface area contributed by atoms with Crippen molar-refractivity contribution in [2.24, 2.45) is 11.5 Å². The third-order valence-electron chi connectivity index (χ3n) is 9.84. The molecule has 0 saturated heterocycles. The van der Waals surface area contributed by atoms with Crippen LogP contribution in [0.3, 0.4) is 0 Å². The van der Waals surface area contributed by atoms with Gasteiger partial charge < -0.3 is 20.9 Å². The largest absolute Gasteiger partial charge is 0.457 e. The van der Waals surface area contributed by atoms with Crippen LogP contribution < -0.4 is 16.2 Å². The highest BCUT2D eigenvalue weighted by molar-refractivity contribution is 5.93. The Morgan fingerprint density at radius 3 is 1.87 bits per heavy atom. The van der Waals surface area contributed by atoms with Crippen molar-refractivity contribution < 1.29 is 9.47 Å². The summed E-state index contributed by atoms with van der Waals surface area (Å²) in [5.74, 6) is 1.68. The molecule has 7 aromatic carbocycles. The van der Waals surface area contributed by atoms with E-state index in [4.69, 9.17) is 20.9 Å². The van der Waals surface area contributed by atoms with Crippen LogP contribution in [-0.4, -0.2) is 0 Å². The number of fused-ring (bicyclic) bond motifs is 10. The van der Waals surface area contributed by atoms with Gasteiger partial charge in [0.25, 0.3) is 0 Å². The molecular weight excluding hydrogens is 576 g/mol. The monoisotopic (exact) mass is 608 g/mol. The number of hydrogen-bond acceptors (Lipinski definition) is 4. The van der Waals surface area contributed by atoms with Crippen LogP contribution >= 0.6 is 0 Å². The second-order valence-corrected chi connectivity index (χ2v) is 12.3. The van der Waals surface area contributed by atoms with Crippen LogP contribution in [0.2, 0.25) is 0 Å². The average molecular weight is 609 g/mol. The maximum absolute atomic E-state index is 6.91. The molecule has 9 rings (SSSR count). The molecular formula is C43H32N2O2. The first-order valence-electron chi connectivity index (χ1n) is 16.0. The number of hydrogen-bond donors (Lipinski definition) is 2. The standard InChI is InChI=1S/C43H32N2O2/c44-41(28-13-2-1-3-14-28)47-42(45)40-30-15-5-4-12-27(30)22-24-31(40)29-23-25-37-39(26-29)46-38-21-11-10-20-36(38)43(37)34-18-8-6-16-32(34)33-17-7-9-19-35(33)43/h1-26,41-42H,44-45H2. The molecule has 0 bridgehead atoms. The minimum Gasteiger partial charge on any atom is -0.457 e. The zero-order valence-electron chi connectivity index (χ0n) is 25.6. The van der Waals surface area contributed by atoms with E-state index in [1.54, 1.807) is 0 Å². The van der Waals surface area contributed by atoms with Crippen LogP contribution in [0.1, 0.15) is 45.8 Å². The number of rotatable bonds is 5. The second kappa shape index (κ2) is 10.8. The van der Waals surface area contributed by atoms with Crippen molar-refractivity contribution in [3.05, 3.63) is 191 Å². The molecule has 4 heteroatoms. The van der Waals surface area contributed by atoms with Crippen LogP contribution in [0.5, 0.6) is 11.5 Å². The van der Waals surface area contributed by atoms with Gasteiger partial charge in [-0.2, -0.15) is 0 Å². The normalized spacial score (nSPS) is 14.9. The lowest BCUT2D eigenvalue weighted by atomic mass is 9.66. The van der Waals surface area contributed by atoms with Gasteiger partial charge in [0, 0.05) is 16.7 Å². The lowest BCUT2D eigenvalue weighted by molar-refractivity contribution is -0.00725. The minimum atomic E-state index is -0.774. The molecule has 1 aliphatic heterocycles. The lowest BCUT2D eigenvalue weighted by Gasteiger charge is -2.39. The van der Waals surface area contributed by atoms with Gasteiger partial charge >= 0.3 is 0 Å². The van der Waals surface area contributed by atoms with E-state index in [0.29, 0.717) is 0 Å². The Hall–Kier alpha value is -5.52. The molecule has 0 saturated carbocycles. The zero-order chi connectivity index (χ0) is 31.5. The molecule has 0 amide bonds. The molecule has 226 valence electrons. The molecule has 2 atom stereocenters. The number of nitrogens with two attached hydrogens (primary N) is 2. The minimum absolute atomic E-state index is 0.510. The molecule has 7 aromatic rings. The lowest BCUT2D eigenvalue weighted by Crippen LogP contribution is -2.32. The molecule has 0 fully saturated rings. The van der Waals surface area contributed by atoms with Crippen molar-refractivity contribution in [2.75, 3.05) is 0 Å². The van der Waals surface area contributed by atoms with Gasteiger partial charge in [-0.1, -0.05) is 146 Å². The van der Waals surface area contributed by atoms with Crippen molar-refractivity contribution in [3.63, 3.8) is 0 Å². The molecule has 1 spiro atoms.